The summed E-state index contributed by atoms with van der Waals surface area (Å²) in [4.78, 5) is 6.89. The maximum Gasteiger partial charge on any atom is 0.213 e. The summed E-state index contributed by atoms with van der Waals surface area (Å²) in [5.74, 6) is 1.51. The Hall–Kier alpha value is -0.0900. The molecule has 0 atom stereocenters. The molecule has 1 spiro atoms. The highest BCUT2D eigenvalue weighted by Gasteiger charge is 2.43. The molecule has 3 aliphatic rings. The van der Waals surface area contributed by atoms with Crippen LogP contribution in [0.2, 0.25) is 0 Å². The lowest BCUT2D eigenvalue weighted by Gasteiger charge is -2.38. The predicted octanol–water partition coefficient (Wildman–Crippen LogP) is 2.17. The zero-order chi connectivity index (χ0) is 17.0. The molecule has 2 saturated carbocycles. The highest BCUT2D eigenvalue weighted by molar-refractivity contribution is 14.0. The van der Waals surface area contributed by atoms with Crippen molar-refractivity contribution in [3.63, 3.8) is 0 Å². The van der Waals surface area contributed by atoms with E-state index in [9.17, 15) is 8.42 Å². The zero-order valence-corrected chi connectivity index (χ0v) is 18.4. The second-order valence-corrected chi connectivity index (χ2v) is 9.65. The van der Waals surface area contributed by atoms with Gasteiger partial charge in [-0.25, -0.2) is 13.1 Å². The van der Waals surface area contributed by atoms with Crippen molar-refractivity contribution in [3.05, 3.63) is 0 Å². The molecule has 2 aliphatic carbocycles. The van der Waals surface area contributed by atoms with E-state index < -0.39 is 10.0 Å². The van der Waals surface area contributed by atoms with Gasteiger partial charge in [-0.2, -0.15) is 0 Å². The number of likely N-dealkylation sites (tertiary alicyclic amines) is 1. The van der Waals surface area contributed by atoms with Crippen LogP contribution in [0.4, 0.5) is 0 Å². The Morgan fingerprint density at radius 2 is 2.00 bits per heavy atom. The van der Waals surface area contributed by atoms with Gasteiger partial charge in [-0.3, -0.25) is 4.99 Å². The molecule has 3 rings (SSSR count). The Kier molecular flexibility index (Phi) is 7.82. The number of nitrogens with zero attached hydrogens (tertiary/aromatic N) is 2. The molecule has 2 N–H and O–H groups in total. The molecule has 8 heteroatoms. The number of halogens is 1. The maximum atomic E-state index is 12.1. The van der Waals surface area contributed by atoms with E-state index in [1.54, 1.807) is 0 Å². The lowest BCUT2D eigenvalue weighted by atomic mass is 9.68. The molecule has 0 aromatic rings. The number of rotatable bonds is 7. The van der Waals surface area contributed by atoms with Crippen molar-refractivity contribution in [3.8, 4) is 0 Å². The largest absolute Gasteiger partial charge is 0.357 e. The first-order chi connectivity index (χ1) is 11.5. The molecule has 1 saturated heterocycles. The third kappa shape index (κ3) is 5.69. The van der Waals surface area contributed by atoms with Crippen LogP contribution in [0.3, 0.4) is 0 Å². The summed E-state index contributed by atoms with van der Waals surface area (Å²) in [6, 6.07) is 0. The van der Waals surface area contributed by atoms with Gasteiger partial charge in [-0.1, -0.05) is 12.8 Å². The fraction of sp³-hybridized carbons (Fsp3) is 0.941. The number of guanidine groups is 1. The topological polar surface area (TPSA) is 73.8 Å². The monoisotopic (exact) mass is 484 g/mol. The number of hydrogen-bond donors (Lipinski definition) is 2. The molecule has 0 aromatic heterocycles. The van der Waals surface area contributed by atoms with Crippen LogP contribution >= 0.6 is 24.0 Å². The van der Waals surface area contributed by atoms with Crippen LogP contribution in [0, 0.1) is 11.3 Å². The number of hydrogen-bond acceptors (Lipinski definition) is 3. The molecule has 0 bridgehead atoms. The first kappa shape index (κ1) is 21.2. The van der Waals surface area contributed by atoms with E-state index >= 15 is 0 Å². The van der Waals surface area contributed by atoms with E-state index in [-0.39, 0.29) is 29.7 Å². The van der Waals surface area contributed by atoms with E-state index in [2.05, 4.69) is 26.9 Å². The molecule has 0 radical (unpaired) electrons. The summed E-state index contributed by atoms with van der Waals surface area (Å²) in [6.45, 7) is 5.91. The van der Waals surface area contributed by atoms with Gasteiger partial charge >= 0.3 is 0 Å². The van der Waals surface area contributed by atoms with Gasteiger partial charge in [0, 0.05) is 26.2 Å². The number of nitrogens with one attached hydrogen (secondary N) is 2. The van der Waals surface area contributed by atoms with Gasteiger partial charge in [0.05, 0.1) is 12.3 Å². The van der Waals surface area contributed by atoms with E-state index in [0.29, 0.717) is 24.4 Å². The van der Waals surface area contributed by atoms with Crippen molar-refractivity contribution in [1.82, 2.24) is 14.9 Å². The Morgan fingerprint density at radius 3 is 2.52 bits per heavy atom. The van der Waals surface area contributed by atoms with Crippen molar-refractivity contribution < 1.29 is 8.42 Å². The molecular weight excluding hydrogens is 451 g/mol. The van der Waals surface area contributed by atoms with Gasteiger partial charge in [0.25, 0.3) is 0 Å². The fourth-order valence-electron chi connectivity index (χ4n) is 3.91. The SMILES string of the molecule is CCNC(=NCCS(=O)(=O)NCC1CCC1)N1CCC2(CCC2)C1.I. The zero-order valence-electron chi connectivity index (χ0n) is 15.3. The first-order valence-corrected chi connectivity index (χ1v) is 11.2. The molecule has 1 heterocycles. The second-order valence-electron chi connectivity index (χ2n) is 7.73. The quantitative estimate of drug-likeness (QED) is 0.330. The molecule has 3 fully saturated rings. The van der Waals surface area contributed by atoms with Crippen molar-refractivity contribution in [2.45, 2.75) is 51.9 Å². The summed E-state index contributed by atoms with van der Waals surface area (Å²) in [7, 11) is -3.21. The van der Waals surface area contributed by atoms with E-state index in [0.717, 1.165) is 38.4 Å². The van der Waals surface area contributed by atoms with E-state index in [1.807, 2.05) is 0 Å². The number of sulfonamides is 1. The van der Waals surface area contributed by atoms with Crippen molar-refractivity contribution >= 4 is 40.0 Å². The molecule has 1 aliphatic heterocycles. The Morgan fingerprint density at radius 1 is 1.24 bits per heavy atom. The van der Waals surface area contributed by atoms with Crippen LogP contribution in [0.1, 0.15) is 51.9 Å². The highest BCUT2D eigenvalue weighted by Crippen LogP contribution is 2.47. The lowest BCUT2D eigenvalue weighted by molar-refractivity contribution is 0.151. The Labute approximate surface area is 169 Å². The average Bonchev–Trinajstić information content (AvgIpc) is 2.90. The van der Waals surface area contributed by atoms with Crippen LogP contribution in [0.5, 0.6) is 0 Å². The molecule has 25 heavy (non-hydrogen) atoms. The molecule has 0 amide bonds. The fourth-order valence-corrected chi connectivity index (χ4v) is 4.88. The van der Waals surface area contributed by atoms with Crippen LogP contribution in [0.25, 0.3) is 0 Å². The van der Waals surface area contributed by atoms with E-state index in [1.165, 1.54) is 32.1 Å². The smallest absolute Gasteiger partial charge is 0.213 e. The third-order valence-corrected chi connectivity index (χ3v) is 7.25. The van der Waals surface area contributed by atoms with Crippen LogP contribution in [-0.4, -0.2) is 57.8 Å². The van der Waals surface area contributed by atoms with Crippen LogP contribution in [-0.2, 0) is 10.0 Å². The van der Waals surface area contributed by atoms with Gasteiger partial charge < -0.3 is 10.2 Å². The lowest BCUT2D eigenvalue weighted by Crippen LogP contribution is -2.43. The van der Waals surface area contributed by atoms with Gasteiger partial charge in [-0.05, 0) is 50.4 Å². The molecular formula is C17H33IN4O2S. The third-order valence-electron chi connectivity index (χ3n) is 5.93. The minimum atomic E-state index is -3.21. The maximum absolute atomic E-state index is 12.1. The van der Waals surface area contributed by atoms with Gasteiger partial charge in [0.1, 0.15) is 0 Å². The summed E-state index contributed by atoms with van der Waals surface area (Å²) in [5, 5.41) is 3.33. The highest BCUT2D eigenvalue weighted by atomic mass is 127. The molecule has 6 nitrogen and oxygen atoms in total. The Balaban J connectivity index is 0.00000225. The second kappa shape index (κ2) is 9.21. The van der Waals surface area contributed by atoms with Gasteiger partial charge in [0.15, 0.2) is 5.96 Å². The standard InChI is InChI=1S/C17H32N4O2S.HI/c1-2-18-16(21-11-9-17(14-21)7-4-8-17)19-10-12-24(22,23)20-13-15-5-3-6-15;/h15,20H,2-14H2,1H3,(H,18,19);1H. The van der Waals surface area contributed by atoms with Crippen molar-refractivity contribution in [2.24, 2.45) is 16.3 Å². The summed E-state index contributed by atoms with van der Waals surface area (Å²) in [5.41, 5.74) is 0.520. The molecule has 146 valence electrons. The minimum absolute atomic E-state index is 0. The van der Waals surface area contributed by atoms with Crippen LogP contribution in [0.15, 0.2) is 4.99 Å². The van der Waals surface area contributed by atoms with Crippen LogP contribution < -0.4 is 10.0 Å². The number of aliphatic imine (C=N–C) groups is 1. The van der Waals surface area contributed by atoms with Gasteiger partial charge in [0.2, 0.25) is 10.0 Å². The van der Waals surface area contributed by atoms with Crippen molar-refractivity contribution in [2.75, 3.05) is 38.5 Å². The normalized spacial score (nSPS) is 23.1. The first-order valence-electron chi connectivity index (χ1n) is 9.53. The molecule has 0 unspecified atom stereocenters. The predicted molar refractivity (Wildman–Crippen MR) is 113 cm³/mol. The van der Waals surface area contributed by atoms with Gasteiger partial charge in [-0.15, -0.1) is 24.0 Å². The Bertz CT molecular complexity index is 559. The summed E-state index contributed by atoms with van der Waals surface area (Å²) < 4.78 is 26.9. The average molecular weight is 484 g/mol. The molecule has 0 aromatic carbocycles. The summed E-state index contributed by atoms with van der Waals surface area (Å²) >= 11 is 0. The summed E-state index contributed by atoms with van der Waals surface area (Å²) in [6.07, 6.45) is 8.82. The van der Waals surface area contributed by atoms with Crippen molar-refractivity contribution in [1.29, 1.82) is 0 Å². The minimum Gasteiger partial charge on any atom is -0.357 e. The van der Waals surface area contributed by atoms with E-state index in [4.69, 9.17) is 0 Å².